The lowest BCUT2D eigenvalue weighted by molar-refractivity contribution is -0.139. The van der Waals surface area contributed by atoms with Crippen LogP contribution in [0.4, 0.5) is 0 Å². The van der Waals surface area contributed by atoms with Gasteiger partial charge in [0.05, 0.1) is 13.1 Å². The van der Waals surface area contributed by atoms with Crippen LogP contribution in [-0.4, -0.2) is 60.4 Å². The number of carbonyl (C=O) groups excluding carboxylic acids is 2. The molecule has 0 bridgehead atoms. The Bertz CT molecular complexity index is 407. The van der Waals surface area contributed by atoms with Gasteiger partial charge in [0.25, 0.3) is 0 Å². The van der Waals surface area contributed by atoms with E-state index < -0.39 is 0 Å². The predicted octanol–water partition coefficient (Wildman–Crippen LogP) is 1.38. The van der Waals surface area contributed by atoms with E-state index in [0.29, 0.717) is 25.7 Å². The fraction of sp³-hybridized carbons (Fsp3) is 0.882. The summed E-state index contributed by atoms with van der Waals surface area (Å²) >= 11 is 0. The maximum atomic E-state index is 12.4. The maximum Gasteiger partial charge on any atom is 0.239 e. The van der Waals surface area contributed by atoms with Gasteiger partial charge in [0.1, 0.15) is 0 Å². The third kappa shape index (κ3) is 4.00. The molecule has 1 saturated carbocycles. The van der Waals surface area contributed by atoms with Crippen LogP contribution in [0.2, 0.25) is 0 Å². The first-order chi connectivity index (χ1) is 10.7. The standard InChI is InChI=1S/C17H29N3O2/c21-16-12-20(10-8-18-16)17(22)13-19-9-4-7-15(19)11-14-5-2-1-3-6-14/h14-15H,1-13H2,(H,18,21)/t15-/m1/s1. The molecular formula is C17H29N3O2. The maximum absolute atomic E-state index is 12.4. The van der Waals surface area contributed by atoms with Crippen molar-refractivity contribution >= 4 is 11.8 Å². The molecule has 1 N–H and O–H groups in total. The van der Waals surface area contributed by atoms with Crippen LogP contribution < -0.4 is 5.32 Å². The molecule has 0 radical (unpaired) electrons. The molecule has 22 heavy (non-hydrogen) atoms. The minimum Gasteiger partial charge on any atom is -0.353 e. The van der Waals surface area contributed by atoms with Gasteiger partial charge in [-0.15, -0.1) is 0 Å². The minimum atomic E-state index is -0.0280. The van der Waals surface area contributed by atoms with E-state index in [1.54, 1.807) is 4.90 Å². The van der Waals surface area contributed by atoms with Gasteiger partial charge in [-0.05, 0) is 31.7 Å². The third-order valence-electron chi connectivity index (χ3n) is 5.56. The van der Waals surface area contributed by atoms with E-state index in [-0.39, 0.29) is 18.4 Å². The number of hydrogen-bond donors (Lipinski definition) is 1. The molecule has 0 unspecified atom stereocenters. The lowest BCUT2D eigenvalue weighted by atomic mass is 9.84. The molecule has 5 heteroatoms. The lowest BCUT2D eigenvalue weighted by Gasteiger charge is -2.32. The smallest absolute Gasteiger partial charge is 0.239 e. The van der Waals surface area contributed by atoms with Crippen LogP contribution in [0.5, 0.6) is 0 Å². The van der Waals surface area contributed by atoms with Crippen molar-refractivity contribution in [3.8, 4) is 0 Å². The first-order valence-corrected chi connectivity index (χ1v) is 9.01. The first kappa shape index (κ1) is 15.8. The Morgan fingerprint density at radius 3 is 2.68 bits per heavy atom. The molecule has 0 aromatic carbocycles. The van der Waals surface area contributed by atoms with Crippen LogP contribution in [0.3, 0.4) is 0 Å². The van der Waals surface area contributed by atoms with Crippen LogP contribution in [-0.2, 0) is 9.59 Å². The van der Waals surface area contributed by atoms with E-state index in [9.17, 15) is 9.59 Å². The van der Waals surface area contributed by atoms with Gasteiger partial charge in [0, 0.05) is 19.1 Å². The molecule has 1 aliphatic carbocycles. The monoisotopic (exact) mass is 307 g/mol. The van der Waals surface area contributed by atoms with E-state index in [2.05, 4.69) is 10.2 Å². The fourth-order valence-corrected chi connectivity index (χ4v) is 4.30. The SMILES string of the molecule is O=C1CN(C(=O)CN2CCC[C@@H]2CC2CCCCC2)CCN1. The Kier molecular flexibility index (Phi) is 5.34. The Morgan fingerprint density at radius 1 is 1.09 bits per heavy atom. The Balaban J connectivity index is 1.49. The van der Waals surface area contributed by atoms with Gasteiger partial charge < -0.3 is 10.2 Å². The van der Waals surface area contributed by atoms with Crippen molar-refractivity contribution in [3.63, 3.8) is 0 Å². The molecule has 0 aromatic rings. The summed E-state index contributed by atoms with van der Waals surface area (Å²) in [5.74, 6) is 0.973. The summed E-state index contributed by atoms with van der Waals surface area (Å²) in [4.78, 5) is 28.0. The molecule has 2 amide bonds. The number of likely N-dealkylation sites (tertiary alicyclic amines) is 1. The summed E-state index contributed by atoms with van der Waals surface area (Å²) in [5, 5.41) is 2.78. The lowest BCUT2D eigenvalue weighted by Crippen LogP contribution is -2.52. The number of nitrogens with one attached hydrogen (secondary N) is 1. The van der Waals surface area contributed by atoms with Gasteiger partial charge in [-0.25, -0.2) is 0 Å². The van der Waals surface area contributed by atoms with Crippen molar-refractivity contribution in [1.29, 1.82) is 0 Å². The minimum absolute atomic E-state index is 0.0280. The van der Waals surface area contributed by atoms with E-state index in [1.165, 1.54) is 51.4 Å². The number of carbonyl (C=O) groups is 2. The molecule has 5 nitrogen and oxygen atoms in total. The van der Waals surface area contributed by atoms with Crippen molar-refractivity contribution in [2.75, 3.05) is 32.7 Å². The van der Waals surface area contributed by atoms with Gasteiger partial charge in [-0.1, -0.05) is 32.1 Å². The molecule has 3 aliphatic rings. The van der Waals surface area contributed by atoms with Gasteiger partial charge in [-0.3, -0.25) is 14.5 Å². The summed E-state index contributed by atoms with van der Waals surface area (Å²) in [7, 11) is 0. The summed E-state index contributed by atoms with van der Waals surface area (Å²) in [5.41, 5.74) is 0. The molecule has 1 atom stereocenters. The second-order valence-electron chi connectivity index (χ2n) is 7.17. The van der Waals surface area contributed by atoms with Crippen molar-refractivity contribution in [3.05, 3.63) is 0 Å². The highest BCUT2D eigenvalue weighted by Gasteiger charge is 2.31. The van der Waals surface area contributed by atoms with Gasteiger partial charge in [0.2, 0.25) is 11.8 Å². The third-order valence-corrected chi connectivity index (χ3v) is 5.56. The molecule has 3 fully saturated rings. The summed E-state index contributed by atoms with van der Waals surface area (Å²) in [6.07, 6.45) is 10.7. The van der Waals surface area contributed by atoms with Crippen molar-refractivity contribution < 1.29 is 9.59 Å². The van der Waals surface area contributed by atoms with Gasteiger partial charge >= 0.3 is 0 Å². The second-order valence-corrected chi connectivity index (χ2v) is 7.17. The Labute approximate surface area is 133 Å². The number of amides is 2. The average Bonchev–Trinajstić information content (AvgIpc) is 2.95. The summed E-state index contributed by atoms with van der Waals surface area (Å²) in [6, 6.07) is 0.589. The van der Waals surface area contributed by atoms with Crippen LogP contribution in [0.1, 0.15) is 51.4 Å². The molecular weight excluding hydrogens is 278 g/mol. The molecule has 3 rings (SSSR count). The zero-order chi connectivity index (χ0) is 15.4. The average molecular weight is 307 g/mol. The van der Waals surface area contributed by atoms with Crippen LogP contribution in [0.25, 0.3) is 0 Å². The zero-order valence-electron chi connectivity index (χ0n) is 13.6. The number of hydrogen-bond acceptors (Lipinski definition) is 3. The number of nitrogens with zero attached hydrogens (tertiary/aromatic N) is 2. The molecule has 2 heterocycles. The highest BCUT2D eigenvalue weighted by Crippen LogP contribution is 2.31. The Hall–Kier alpha value is -1.10. The molecule has 0 aromatic heterocycles. The molecule has 0 spiro atoms. The zero-order valence-corrected chi connectivity index (χ0v) is 13.6. The highest BCUT2D eigenvalue weighted by atomic mass is 16.2. The Morgan fingerprint density at radius 2 is 1.91 bits per heavy atom. The van der Waals surface area contributed by atoms with Crippen LogP contribution >= 0.6 is 0 Å². The fourth-order valence-electron chi connectivity index (χ4n) is 4.30. The number of rotatable bonds is 4. The number of piperazine rings is 1. The van der Waals surface area contributed by atoms with Gasteiger partial charge in [0.15, 0.2) is 0 Å². The van der Waals surface area contributed by atoms with Gasteiger partial charge in [-0.2, -0.15) is 0 Å². The quantitative estimate of drug-likeness (QED) is 0.854. The van der Waals surface area contributed by atoms with Crippen molar-refractivity contribution in [2.24, 2.45) is 5.92 Å². The van der Waals surface area contributed by atoms with Crippen molar-refractivity contribution in [2.45, 2.75) is 57.4 Å². The van der Waals surface area contributed by atoms with E-state index >= 15 is 0 Å². The van der Waals surface area contributed by atoms with Crippen LogP contribution in [0.15, 0.2) is 0 Å². The van der Waals surface area contributed by atoms with E-state index in [1.807, 2.05) is 0 Å². The van der Waals surface area contributed by atoms with E-state index in [4.69, 9.17) is 0 Å². The molecule has 124 valence electrons. The van der Waals surface area contributed by atoms with Crippen LogP contribution in [0, 0.1) is 5.92 Å². The first-order valence-electron chi connectivity index (χ1n) is 9.01. The highest BCUT2D eigenvalue weighted by molar-refractivity contribution is 5.86. The molecule has 2 saturated heterocycles. The summed E-state index contributed by atoms with van der Waals surface area (Å²) < 4.78 is 0. The van der Waals surface area contributed by atoms with E-state index in [0.717, 1.165) is 12.5 Å². The largest absolute Gasteiger partial charge is 0.353 e. The second kappa shape index (κ2) is 7.44. The summed E-state index contributed by atoms with van der Waals surface area (Å²) in [6.45, 7) is 3.04. The predicted molar refractivity (Wildman–Crippen MR) is 85.4 cm³/mol. The normalized spacial score (nSPS) is 27.9. The molecule has 2 aliphatic heterocycles. The topological polar surface area (TPSA) is 52.7 Å². The van der Waals surface area contributed by atoms with Crippen molar-refractivity contribution in [1.82, 2.24) is 15.1 Å².